The first-order chi connectivity index (χ1) is 18.2. The van der Waals surface area contributed by atoms with Crippen molar-refractivity contribution in [3.05, 3.63) is 77.5 Å². The molecule has 0 saturated carbocycles. The molecular weight excluding hydrogens is 492 g/mol. The summed E-state index contributed by atoms with van der Waals surface area (Å²) in [4.78, 5) is 76.0. The van der Waals surface area contributed by atoms with E-state index in [0.717, 1.165) is 10.5 Å². The van der Waals surface area contributed by atoms with Crippen LogP contribution in [0, 0.1) is 0 Å². The number of anilines is 1. The highest BCUT2D eigenvalue weighted by atomic mass is 16.4. The third kappa shape index (κ3) is 5.61. The van der Waals surface area contributed by atoms with Gasteiger partial charge in [0.2, 0.25) is 17.7 Å². The second-order valence-electron chi connectivity index (χ2n) is 9.05. The number of amides is 5. The van der Waals surface area contributed by atoms with Crippen LogP contribution >= 0.6 is 0 Å². The largest absolute Gasteiger partial charge is 0.480 e. The number of carboxylic acid groups (broad SMARTS) is 1. The number of benzene rings is 2. The molecule has 1 saturated heterocycles. The molecule has 0 aromatic heterocycles. The number of nitrogens with one attached hydrogen (secondary N) is 3. The summed E-state index contributed by atoms with van der Waals surface area (Å²) in [6, 6.07) is 11.1. The minimum Gasteiger partial charge on any atom is -0.480 e. The van der Waals surface area contributed by atoms with Crippen LogP contribution < -0.4 is 16.0 Å². The Morgan fingerprint density at radius 2 is 1.71 bits per heavy atom. The zero-order valence-corrected chi connectivity index (χ0v) is 20.4. The average Bonchev–Trinajstić information content (AvgIpc) is 3.13. The fourth-order valence-electron chi connectivity index (χ4n) is 4.46. The van der Waals surface area contributed by atoms with Crippen LogP contribution in [0.3, 0.4) is 0 Å². The van der Waals surface area contributed by atoms with Crippen LogP contribution in [0.1, 0.15) is 52.0 Å². The van der Waals surface area contributed by atoms with Gasteiger partial charge in [0.05, 0.1) is 16.8 Å². The molecule has 2 atom stereocenters. The number of carbonyl (C=O) groups excluding carboxylic acids is 5. The Morgan fingerprint density at radius 1 is 1.00 bits per heavy atom. The van der Waals surface area contributed by atoms with Crippen LogP contribution in [0.25, 0.3) is 0 Å². The summed E-state index contributed by atoms with van der Waals surface area (Å²) in [7, 11) is 0. The number of hydrogen-bond donors (Lipinski definition) is 4. The van der Waals surface area contributed by atoms with E-state index in [-0.39, 0.29) is 42.5 Å². The molecule has 2 aromatic carbocycles. The van der Waals surface area contributed by atoms with Crippen LogP contribution in [0.5, 0.6) is 0 Å². The highest BCUT2D eigenvalue weighted by Crippen LogP contribution is 2.33. The van der Waals surface area contributed by atoms with E-state index in [0.29, 0.717) is 12.1 Å². The summed E-state index contributed by atoms with van der Waals surface area (Å²) in [6.07, 6.45) is 0.179. The van der Waals surface area contributed by atoms with E-state index in [4.69, 9.17) is 0 Å². The SMILES string of the molecule is C=C1CCC(N2C(=O)c3cccc(NC(=O)CCC(=O)N[C@@H](Cc4ccccc4)C(=O)O)c3C2=O)C(=O)N1. The molecule has 1 fully saturated rings. The number of piperidine rings is 1. The molecular formula is C27H26N4O7. The number of aliphatic carboxylic acids is 1. The molecule has 4 rings (SSSR count). The molecule has 0 bridgehead atoms. The molecule has 5 amide bonds. The average molecular weight is 519 g/mol. The number of carboxylic acids is 1. The summed E-state index contributed by atoms with van der Waals surface area (Å²) < 4.78 is 0. The topological polar surface area (TPSA) is 162 Å². The lowest BCUT2D eigenvalue weighted by molar-refractivity contribution is -0.141. The second-order valence-corrected chi connectivity index (χ2v) is 9.05. The fourth-order valence-corrected chi connectivity index (χ4v) is 4.46. The van der Waals surface area contributed by atoms with Crippen LogP contribution in [0.2, 0.25) is 0 Å². The van der Waals surface area contributed by atoms with Crippen LogP contribution in [-0.2, 0) is 25.6 Å². The van der Waals surface area contributed by atoms with Gasteiger partial charge in [-0.1, -0.05) is 43.0 Å². The normalized spacial score (nSPS) is 17.5. The molecule has 11 nitrogen and oxygen atoms in total. The lowest BCUT2D eigenvalue weighted by atomic mass is 10.0. The minimum atomic E-state index is -1.20. The van der Waals surface area contributed by atoms with Crippen molar-refractivity contribution in [2.75, 3.05) is 5.32 Å². The first-order valence-electron chi connectivity index (χ1n) is 12.0. The van der Waals surface area contributed by atoms with Crippen LogP contribution in [-0.4, -0.2) is 57.6 Å². The molecule has 2 aliphatic heterocycles. The predicted octanol–water partition coefficient (Wildman–Crippen LogP) is 1.61. The Hall–Kier alpha value is -4.80. The van der Waals surface area contributed by atoms with Gasteiger partial charge in [0.1, 0.15) is 12.1 Å². The summed E-state index contributed by atoms with van der Waals surface area (Å²) in [5.41, 5.74) is 1.37. The smallest absolute Gasteiger partial charge is 0.326 e. The maximum Gasteiger partial charge on any atom is 0.326 e. The van der Waals surface area contributed by atoms with E-state index in [2.05, 4.69) is 22.5 Å². The molecule has 0 radical (unpaired) electrons. The van der Waals surface area contributed by atoms with E-state index < -0.39 is 47.6 Å². The minimum absolute atomic E-state index is 0.0266. The van der Waals surface area contributed by atoms with Gasteiger partial charge in [-0.25, -0.2) is 4.79 Å². The number of hydrogen-bond acceptors (Lipinski definition) is 6. The van der Waals surface area contributed by atoms with Gasteiger partial charge >= 0.3 is 5.97 Å². The predicted molar refractivity (Wildman–Crippen MR) is 135 cm³/mol. The molecule has 1 unspecified atom stereocenters. The molecule has 2 heterocycles. The molecule has 196 valence electrons. The molecule has 4 N–H and O–H groups in total. The maximum atomic E-state index is 13.2. The second kappa shape index (κ2) is 11.1. The Morgan fingerprint density at radius 3 is 2.39 bits per heavy atom. The molecule has 11 heteroatoms. The monoisotopic (exact) mass is 518 g/mol. The van der Waals surface area contributed by atoms with Crippen molar-refractivity contribution in [3.8, 4) is 0 Å². The number of fused-ring (bicyclic) bond motifs is 1. The quantitative estimate of drug-likeness (QED) is 0.367. The Balaban J connectivity index is 1.38. The van der Waals surface area contributed by atoms with Crippen molar-refractivity contribution in [2.45, 2.75) is 44.2 Å². The zero-order valence-electron chi connectivity index (χ0n) is 20.4. The lowest BCUT2D eigenvalue weighted by Gasteiger charge is -2.29. The molecule has 2 aliphatic rings. The van der Waals surface area contributed by atoms with Gasteiger partial charge in [-0.3, -0.25) is 28.9 Å². The summed E-state index contributed by atoms with van der Waals surface area (Å²) in [5.74, 6) is -4.25. The Bertz CT molecular complexity index is 1340. The van der Waals surface area contributed by atoms with E-state index in [1.54, 1.807) is 30.3 Å². The molecule has 0 spiro atoms. The van der Waals surface area contributed by atoms with Crippen molar-refractivity contribution < 1.29 is 33.9 Å². The first-order valence-corrected chi connectivity index (χ1v) is 12.0. The van der Waals surface area contributed by atoms with Crippen LogP contribution in [0.15, 0.2) is 60.8 Å². The zero-order chi connectivity index (χ0) is 27.4. The van der Waals surface area contributed by atoms with E-state index in [9.17, 15) is 33.9 Å². The standard InChI is InChI=1S/C27H26N4O7/c1-15-10-11-20(24(34)28-15)31-25(35)17-8-5-9-18(23(17)26(31)36)29-21(32)12-13-22(33)30-19(27(37)38)14-16-6-3-2-4-7-16/h2-9,19-20H,1,10-14H2,(H,28,34)(H,29,32)(H,30,33)(H,37,38)/t19-,20?/m0/s1. The lowest BCUT2D eigenvalue weighted by Crippen LogP contribution is -2.51. The molecule has 0 aliphatic carbocycles. The van der Waals surface area contributed by atoms with E-state index >= 15 is 0 Å². The van der Waals surface area contributed by atoms with Crippen molar-refractivity contribution in [3.63, 3.8) is 0 Å². The van der Waals surface area contributed by atoms with Gasteiger partial charge in [-0.15, -0.1) is 0 Å². The summed E-state index contributed by atoms with van der Waals surface area (Å²) in [5, 5.41) is 17.0. The summed E-state index contributed by atoms with van der Waals surface area (Å²) >= 11 is 0. The number of rotatable bonds is 9. The van der Waals surface area contributed by atoms with Gasteiger partial charge in [-0.2, -0.15) is 0 Å². The van der Waals surface area contributed by atoms with Crippen molar-refractivity contribution in [1.29, 1.82) is 0 Å². The van der Waals surface area contributed by atoms with Crippen molar-refractivity contribution in [2.24, 2.45) is 0 Å². The van der Waals surface area contributed by atoms with E-state index in [1.165, 1.54) is 18.2 Å². The van der Waals surface area contributed by atoms with E-state index in [1.807, 2.05) is 0 Å². The third-order valence-corrected chi connectivity index (χ3v) is 6.35. The van der Waals surface area contributed by atoms with Gasteiger partial charge in [0.25, 0.3) is 11.8 Å². The number of carbonyl (C=O) groups is 6. The van der Waals surface area contributed by atoms with Crippen molar-refractivity contribution in [1.82, 2.24) is 15.5 Å². The maximum absolute atomic E-state index is 13.2. The molecule has 2 aromatic rings. The first kappa shape index (κ1) is 26.3. The third-order valence-electron chi connectivity index (χ3n) is 6.35. The highest BCUT2D eigenvalue weighted by Gasteiger charge is 2.45. The van der Waals surface area contributed by atoms with Gasteiger partial charge in [-0.05, 0) is 30.5 Å². The van der Waals surface area contributed by atoms with Gasteiger partial charge < -0.3 is 21.1 Å². The molecule has 38 heavy (non-hydrogen) atoms. The fraction of sp³-hybridized carbons (Fsp3) is 0.259. The number of imide groups is 1. The van der Waals surface area contributed by atoms with Gasteiger partial charge in [0.15, 0.2) is 0 Å². The Kier molecular flexibility index (Phi) is 7.66. The Labute approximate surface area is 217 Å². The van der Waals surface area contributed by atoms with Crippen molar-refractivity contribution >= 4 is 41.2 Å². The summed E-state index contributed by atoms with van der Waals surface area (Å²) in [6.45, 7) is 3.70. The van der Waals surface area contributed by atoms with Gasteiger partial charge in [0, 0.05) is 25.0 Å². The number of allylic oxidation sites excluding steroid dienone is 1. The highest BCUT2D eigenvalue weighted by molar-refractivity contribution is 6.25. The van der Waals surface area contributed by atoms with Crippen LogP contribution in [0.4, 0.5) is 5.69 Å². The number of nitrogens with zero attached hydrogens (tertiary/aromatic N) is 1.